The third kappa shape index (κ3) is 3.59. The molecule has 0 aromatic heterocycles. The van der Waals surface area contributed by atoms with Gasteiger partial charge in [-0.2, -0.15) is 0 Å². The van der Waals surface area contributed by atoms with Gasteiger partial charge < -0.3 is 9.47 Å². The number of alkyl halides is 1. The van der Waals surface area contributed by atoms with E-state index in [4.69, 9.17) is 21.1 Å². The summed E-state index contributed by atoms with van der Waals surface area (Å²) >= 11 is 5.88. The van der Waals surface area contributed by atoms with Crippen molar-refractivity contribution >= 4 is 11.6 Å². The van der Waals surface area contributed by atoms with Gasteiger partial charge in [-0.15, -0.1) is 11.6 Å². The van der Waals surface area contributed by atoms with Gasteiger partial charge in [-0.1, -0.05) is 0 Å². The Kier molecular flexibility index (Phi) is 4.89. The second-order valence-electron chi connectivity index (χ2n) is 5.00. The van der Waals surface area contributed by atoms with Crippen molar-refractivity contribution in [2.24, 2.45) is 5.92 Å². The van der Waals surface area contributed by atoms with E-state index in [1.807, 2.05) is 0 Å². The summed E-state index contributed by atoms with van der Waals surface area (Å²) in [5, 5.41) is 0. The highest BCUT2D eigenvalue weighted by Crippen LogP contribution is 2.19. The van der Waals surface area contributed by atoms with Gasteiger partial charge in [0.15, 0.2) is 0 Å². The van der Waals surface area contributed by atoms with Crippen LogP contribution in [-0.2, 0) is 9.47 Å². The molecule has 2 aliphatic rings. The average molecular weight is 248 g/mol. The van der Waals surface area contributed by atoms with Crippen LogP contribution in [0.5, 0.6) is 0 Å². The first-order valence-corrected chi connectivity index (χ1v) is 6.83. The van der Waals surface area contributed by atoms with Gasteiger partial charge in [-0.3, -0.25) is 4.90 Å². The van der Waals surface area contributed by atoms with Gasteiger partial charge in [0.2, 0.25) is 0 Å². The number of halogens is 1. The highest BCUT2D eigenvalue weighted by Gasteiger charge is 2.26. The predicted molar refractivity (Wildman–Crippen MR) is 65.0 cm³/mol. The lowest BCUT2D eigenvalue weighted by Crippen LogP contribution is -2.49. The zero-order chi connectivity index (χ0) is 11.4. The van der Waals surface area contributed by atoms with Crippen LogP contribution in [0.25, 0.3) is 0 Å². The van der Waals surface area contributed by atoms with Crippen LogP contribution in [0.3, 0.4) is 0 Å². The van der Waals surface area contributed by atoms with Crippen molar-refractivity contribution in [3.8, 4) is 0 Å². The van der Waals surface area contributed by atoms with Gasteiger partial charge in [-0.05, 0) is 25.7 Å². The molecule has 16 heavy (non-hydrogen) atoms. The first kappa shape index (κ1) is 12.6. The maximum atomic E-state index is 5.88. The molecule has 2 saturated heterocycles. The molecule has 2 rings (SSSR count). The molecule has 0 aliphatic carbocycles. The molecule has 0 bridgehead atoms. The van der Waals surface area contributed by atoms with Crippen molar-refractivity contribution in [1.29, 1.82) is 0 Å². The minimum Gasteiger partial charge on any atom is -0.381 e. The molecule has 0 N–H and O–H groups in total. The molecule has 0 aromatic carbocycles. The Labute approximate surface area is 103 Å². The van der Waals surface area contributed by atoms with Gasteiger partial charge in [-0.25, -0.2) is 0 Å². The summed E-state index contributed by atoms with van der Waals surface area (Å²) in [6, 6.07) is 0. The summed E-state index contributed by atoms with van der Waals surface area (Å²) in [5.41, 5.74) is 0. The number of ether oxygens (including phenoxy) is 2. The summed E-state index contributed by atoms with van der Waals surface area (Å²) in [5.74, 6) is 1.41. The van der Waals surface area contributed by atoms with Crippen molar-refractivity contribution in [3.63, 3.8) is 0 Å². The van der Waals surface area contributed by atoms with Gasteiger partial charge in [0.25, 0.3) is 0 Å². The van der Waals surface area contributed by atoms with Crippen molar-refractivity contribution in [3.05, 3.63) is 0 Å². The zero-order valence-corrected chi connectivity index (χ0v) is 10.8. The molecule has 3 nitrogen and oxygen atoms in total. The van der Waals surface area contributed by atoms with Gasteiger partial charge in [0.05, 0.1) is 12.2 Å². The zero-order valence-electron chi connectivity index (χ0n) is 10.0. The second-order valence-corrected chi connectivity index (χ2v) is 5.31. The molecule has 0 spiro atoms. The summed E-state index contributed by atoms with van der Waals surface area (Å²) in [4.78, 5) is 2.51. The Morgan fingerprint density at radius 3 is 2.69 bits per heavy atom. The fourth-order valence-corrected chi connectivity index (χ4v) is 2.84. The molecule has 0 saturated carbocycles. The minimum atomic E-state index is 0.213. The first-order chi connectivity index (χ1) is 7.78. The lowest BCUT2D eigenvalue weighted by molar-refractivity contribution is -0.0737. The van der Waals surface area contributed by atoms with E-state index in [1.165, 1.54) is 19.4 Å². The molecular formula is C12H22ClNO2. The fourth-order valence-electron chi connectivity index (χ4n) is 2.67. The third-order valence-corrected chi connectivity index (χ3v) is 3.78. The SMILES string of the molecule is CC1CN(CC2CCOCC2)CC(CCl)O1. The van der Waals surface area contributed by atoms with E-state index < -0.39 is 0 Å². The lowest BCUT2D eigenvalue weighted by atomic mass is 9.99. The van der Waals surface area contributed by atoms with Crippen LogP contribution in [0.1, 0.15) is 19.8 Å². The maximum absolute atomic E-state index is 5.88. The number of nitrogens with zero attached hydrogens (tertiary/aromatic N) is 1. The quantitative estimate of drug-likeness (QED) is 0.710. The average Bonchev–Trinajstić information content (AvgIpc) is 2.29. The molecule has 0 amide bonds. The number of hydrogen-bond donors (Lipinski definition) is 0. The molecule has 2 atom stereocenters. The third-order valence-electron chi connectivity index (χ3n) is 3.43. The topological polar surface area (TPSA) is 21.7 Å². The lowest BCUT2D eigenvalue weighted by Gasteiger charge is -2.38. The van der Waals surface area contributed by atoms with Crippen LogP contribution in [0, 0.1) is 5.92 Å². The number of hydrogen-bond acceptors (Lipinski definition) is 3. The monoisotopic (exact) mass is 247 g/mol. The van der Waals surface area contributed by atoms with Crippen molar-refractivity contribution < 1.29 is 9.47 Å². The van der Waals surface area contributed by atoms with Crippen LogP contribution < -0.4 is 0 Å². The van der Waals surface area contributed by atoms with E-state index in [2.05, 4.69) is 11.8 Å². The van der Waals surface area contributed by atoms with Gasteiger partial charge >= 0.3 is 0 Å². The Hall–Kier alpha value is 0.170. The Bertz CT molecular complexity index is 209. The van der Waals surface area contributed by atoms with Crippen LogP contribution in [0.2, 0.25) is 0 Å². The number of morpholine rings is 1. The largest absolute Gasteiger partial charge is 0.381 e. The molecule has 4 heteroatoms. The highest BCUT2D eigenvalue weighted by atomic mass is 35.5. The normalized spacial score (nSPS) is 34.1. The van der Waals surface area contributed by atoms with Crippen LogP contribution in [0.4, 0.5) is 0 Å². The molecule has 0 aromatic rings. The Morgan fingerprint density at radius 1 is 1.25 bits per heavy atom. The predicted octanol–water partition coefficient (Wildman–Crippen LogP) is 1.74. The Balaban J connectivity index is 1.78. The molecule has 94 valence electrons. The second kappa shape index (κ2) is 6.20. The van der Waals surface area contributed by atoms with E-state index in [-0.39, 0.29) is 6.10 Å². The van der Waals surface area contributed by atoms with E-state index in [0.717, 1.165) is 32.2 Å². The molecule has 2 unspecified atom stereocenters. The summed E-state index contributed by atoms with van der Waals surface area (Å²) in [7, 11) is 0. The van der Waals surface area contributed by atoms with E-state index in [0.29, 0.717) is 12.0 Å². The Morgan fingerprint density at radius 2 is 2.00 bits per heavy atom. The molecule has 0 radical (unpaired) electrons. The standard InChI is InChI=1S/C12H22ClNO2/c1-10-7-14(9-12(6-13)16-10)8-11-2-4-15-5-3-11/h10-12H,2-9H2,1H3. The van der Waals surface area contributed by atoms with Crippen molar-refractivity contribution in [1.82, 2.24) is 4.90 Å². The van der Waals surface area contributed by atoms with E-state index in [1.54, 1.807) is 0 Å². The molecule has 2 fully saturated rings. The fraction of sp³-hybridized carbons (Fsp3) is 1.00. The minimum absolute atomic E-state index is 0.213. The van der Waals surface area contributed by atoms with Crippen molar-refractivity contribution in [2.75, 3.05) is 38.7 Å². The maximum Gasteiger partial charge on any atom is 0.0841 e. The van der Waals surface area contributed by atoms with E-state index >= 15 is 0 Å². The van der Waals surface area contributed by atoms with Crippen LogP contribution in [0.15, 0.2) is 0 Å². The van der Waals surface area contributed by atoms with Crippen molar-refractivity contribution in [2.45, 2.75) is 32.0 Å². The first-order valence-electron chi connectivity index (χ1n) is 6.29. The summed E-state index contributed by atoms with van der Waals surface area (Å²) in [6.07, 6.45) is 2.94. The molecule has 2 aliphatic heterocycles. The van der Waals surface area contributed by atoms with Crippen LogP contribution in [-0.4, -0.2) is 55.8 Å². The summed E-state index contributed by atoms with van der Waals surface area (Å²) in [6.45, 7) is 7.23. The van der Waals surface area contributed by atoms with Crippen LogP contribution >= 0.6 is 11.6 Å². The highest BCUT2D eigenvalue weighted by molar-refractivity contribution is 6.18. The van der Waals surface area contributed by atoms with Gasteiger partial charge in [0.1, 0.15) is 0 Å². The molecular weight excluding hydrogens is 226 g/mol. The smallest absolute Gasteiger partial charge is 0.0841 e. The molecule has 2 heterocycles. The van der Waals surface area contributed by atoms with Gasteiger partial charge in [0, 0.05) is 38.7 Å². The summed E-state index contributed by atoms with van der Waals surface area (Å²) < 4.78 is 11.1. The van der Waals surface area contributed by atoms with E-state index in [9.17, 15) is 0 Å². The number of rotatable bonds is 3.